The first-order chi connectivity index (χ1) is 11.9. The molecule has 3 rings (SSSR count). The van der Waals surface area contributed by atoms with Crippen LogP contribution in [0.15, 0.2) is 52.9 Å². The Balaban J connectivity index is 1.53. The van der Waals surface area contributed by atoms with Gasteiger partial charge in [-0.15, -0.1) is 13.2 Å². The average Bonchev–Trinajstić information content (AvgIpc) is 2.96. The number of nitrogens with one attached hydrogen (secondary N) is 1. The third kappa shape index (κ3) is 4.72. The molecule has 2 aromatic carbocycles. The Labute approximate surface area is 140 Å². The van der Waals surface area contributed by atoms with E-state index in [1.807, 2.05) is 18.2 Å². The van der Waals surface area contributed by atoms with Crippen LogP contribution in [-0.4, -0.2) is 17.3 Å². The van der Waals surface area contributed by atoms with E-state index in [2.05, 4.69) is 15.0 Å². The number of anilines is 1. The summed E-state index contributed by atoms with van der Waals surface area (Å²) < 4.78 is 45.5. The Morgan fingerprint density at radius 2 is 1.84 bits per heavy atom. The molecule has 0 bridgehead atoms. The number of aromatic nitrogens is 1. The molecule has 8 heteroatoms. The molecule has 1 amide bonds. The first-order valence-electron chi connectivity index (χ1n) is 7.39. The quantitative estimate of drug-likeness (QED) is 0.745. The summed E-state index contributed by atoms with van der Waals surface area (Å²) in [5.41, 5.74) is 1.74. The second-order valence-electron chi connectivity index (χ2n) is 5.20. The number of ether oxygens (including phenoxy) is 1. The highest BCUT2D eigenvalue weighted by atomic mass is 19.4. The van der Waals surface area contributed by atoms with Crippen LogP contribution in [0.2, 0.25) is 0 Å². The Morgan fingerprint density at radius 3 is 2.52 bits per heavy atom. The fourth-order valence-corrected chi connectivity index (χ4v) is 2.21. The van der Waals surface area contributed by atoms with Crippen LogP contribution in [0.1, 0.15) is 12.3 Å². The van der Waals surface area contributed by atoms with E-state index in [4.69, 9.17) is 4.42 Å². The summed E-state index contributed by atoms with van der Waals surface area (Å²) in [6, 6.07) is 12.2. The average molecular weight is 350 g/mol. The van der Waals surface area contributed by atoms with Crippen LogP contribution < -0.4 is 10.1 Å². The molecule has 0 unspecified atom stereocenters. The lowest BCUT2D eigenvalue weighted by molar-refractivity contribution is -0.274. The van der Waals surface area contributed by atoms with Gasteiger partial charge in [-0.05, 0) is 36.4 Å². The van der Waals surface area contributed by atoms with Crippen molar-refractivity contribution < 1.29 is 27.1 Å². The van der Waals surface area contributed by atoms with E-state index in [0.29, 0.717) is 23.6 Å². The predicted octanol–water partition coefficient (Wildman–Crippen LogP) is 4.30. The standard InChI is InChI=1S/C17H13F3N2O3/c18-17(19,20)25-12-7-5-11(6-8-12)21-15(23)9-10-16-22-13-3-1-2-4-14(13)24-16/h1-8H,9-10H2,(H,21,23). The number of hydrogen-bond donors (Lipinski definition) is 1. The number of aryl methyl sites for hydroxylation is 1. The first-order valence-corrected chi connectivity index (χ1v) is 7.39. The van der Waals surface area contributed by atoms with Gasteiger partial charge in [0, 0.05) is 18.5 Å². The van der Waals surface area contributed by atoms with E-state index in [0.717, 1.165) is 17.6 Å². The van der Waals surface area contributed by atoms with E-state index in [-0.39, 0.29) is 18.1 Å². The van der Waals surface area contributed by atoms with Gasteiger partial charge in [-0.2, -0.15) is 0 Å². The van der Waals surface area contributed by atoms with Crippen molar-refractivity contribution in [3.8, 4) is 5.75 Å². The zero-order chi connectivity index (χ0) is 17.9. The van der Waals surface area contributed by atoms with E-state index < -0.39 is 6.36 Å². The highest BCUT2D eigenvalue weighted by Gasteiger charge is 2.30. The van der Waals surface area contributed by atoms with Gasteiger partial charge in [0.25, 0.3) is 0 Å². The molecule has 0 aliphatic heterocycles. The number of halogens is 3. The second kappa shape index (κ2) is 6.84. The maximum absolute atomic E-state index is 12.1. The van der Waals surface area contributed by atoms with Crippen LogP contribution >= 0.6 is 0 Å². The molecule has 0 saturated heterocycles. The molecule has 0 aliphatic rings. The molecule has 130 valence electrons. The molecular weight excluding hydrogens is 337 g/mol. The number of carbonyl (C=O) groups is 1. The Hall–Kier alpha value is -3.03. The fourth-order valence-electron chi connectivity index (χ4n) is 2.21. The fraction of sp³-hybridized carbons (Fsp3) is 0.176. The smallest absolute Gasteiger partial charge is 0.441 e. The van der Waals surface area contributed by atoms with Crippen LogP contribution in [0.5, 0.6) is 5.75 Å². The lowest BCUT2D eigenvalue weighted by Gasteiger charge is -2.09. The molecule has 5 nitrogen and oxygen atoms in total. The summed E-state index contributed by atoms with van der Waals surface area (Å²) >= 11 is 0. The molecule has 0 saturated carbocycles. The SMILES string of the molecule is O=C(CCc1nc2ccccc2o1)Nc1ccc(OC(F)(F)F)cc1. The van der Waals surface area contributed by atoms with Gasteiger partial charge in [0.05, 0.1) is 0 Å². The number of benzene rings is 2. The molecule has 0 radical (unpaired) electrons. The molecule has 1 aromatic heterocycles. The normalized spacial score (nSPS) is 11.5. The van der Waals surface area contributed by atoms with Crippen molar-refractivity contribution in [1.29, 1.82) is 0 Å². The number of alkyl halides is 3. The zero-order valence-corrected chi connectivity index (χ0v) is 12.8. The molecule has 0 spiro atoms. The van der Waals surface area contributed by atoms with E-state index in [1.54, 1.807) is 6.07 Å². The predicted molar refractivity (Wildman–Crippen MR) is 84.1 cm³/mol. The Kier molecular flexibility index (Phi) is 4.60. The van der Waals surface area contributed by atoms with Gasteiger partial charge in [-0.3, -0.25) is 4.79 Å². The minimum Gasteiger partial charge on any atom is -0.441 e. The monoisotopic (exact) mass is 350 g/mol. The number of oxazole rings is 1. The van der Waals surface area contributed by atoms with Gasteiger partial charge in [0.15, 0.2) is 11.5 Å². The summed E-state index contributed by atoms with van der Waals surface area (Å²) in [6.45, 7) is 0. The van der Waals surface area contributed by atoms with Gasteiger partial charge in [0.1, 0.15) is 11.3 Å². The van der Waals surface area contributed by atoms with Gasteiger partial charge >= 0.3 is 6.36 Å². The minimum absolute atomic E-state index is 0.133. The van der Waals surface area contributed by atoms with Gasteiger partial charge in [0.2, 0.25) is 5.91 Å². The lowest BCUT2D eigenvalue weighted by atomic mass is 10.2. The highest BCUT2D eigenvalue weighted by Crippen LogP contribution is 2.24. The van der Waals surface area contributed by atoms with Crippen molar-refractivity contribution in [3.63, 3.8) is 0 Å². The number of fused-ring (bicyclic) bond motifs is 1. The molecule has 1 heterocycles. The van der Waals surface area contributed by atoms with Gasteiger partial charge in [-0.1, -0.05) is 12.1 Å². The minimum atomic E-state index is -4.75. The number of hydrogen-bond acceptors (Lipinski definition) is 4. The third-order valence-corrected chi connectivity index (χ3v) is 3.28. The largest absolute Gasteiger partial charge is 0.573 e. The summed E-state index contributed by atoms with van der Waals surface area (Å²) in [5, 5.41) is 2.59. The number of para-hydroxylation sites is 2. The van der Waals surface area contributed by atoms with Crippen LogP contribution in [0.3, 0.4) is 0 Å². The van der Waals surface area contributed by atoms with Crippen LogP contribution in [-0.2, 0) is 11.2 Å². The van der Waals surface area contributed by atoms with Crippen molar-refractivity contribution >= 4 is 22.7 Å². The van der Waals surface area contributed by atoms with Crippen molar-refractivity contribution in [2.75, 3.05) is 5.32 Å². The highest BCUT2D eigenvalue weighted by molar-refractivity contribution is 5.90. The van der Waals surface area contributed by atoms with E-state index in [1.165, 1.54) is 12.1 Å². The van der Waals surface area contributed by atoms with Crippen molar-refractivity contribution in [2.24, 2.45) is 0 Å². The number of nitrogens with zero attached hydrogens (tertiary/aromatic N) is 1. The van der Waals surface area contributed by atoms with Crippen molar-refractivity contribution in [3.05, 3.63) is 54.4 Å². The number of carbonyl (C=O) groups excluding carboxylic acids is 1. The Bertz CT molecular complexity index is 840. The molecule has 1 N–H and O–H groups in total. The first kappa shape index (κ1) is 16.8. The van der Waals surface area contributed by atoms with Crippen molar-refractivity contribution in [2.45, 2.75) is 19.2 Å². The third-order valence-electron chi connectivity index (χ3n) is 3.28. The van der Waals surface area contributed by atoms with Crippen LogP contribution in [0.4, 0.5) is 18.9 Å². The van der Waals surface area contributed by atoms with Crippen molar-refractivity contribution in [1.82, 2.24) is 4.98 Å². The van der Waals surface area contributed by atoms with E-state index >= 15 is 0 Å². The number of rotatable bonds is 5. The lowest BCUT2D eigenvalue weighted by Crippen LogP contribution is -2.17. The molecule has 0 fully saturated rings. The van der Waals surface area contributed by atoms with Crippen LogP contribution in [0, 0.1) is 0 Å². The van der Waals surface area contributed by atoms with Gasteiger partial charge in [-0.25, -0.2) is 4.98 Å². The Morgan fingerprint density at radius 1 is 1.12 bits per heavy atom. The topological polar surface area (TPSA) is 64.4 Å². The maximum atomic E-state index is 12.1. The summed E-state index contributed by atoms with van der Waals surface area (Å²) in [4.78, 5) is 16.2. The summed E-state index contributed by atoms with van der Waals surface area (Å²) in [5.74, 6) is -0.200. The number of amides is 1. The van der Waals surface area contributed by atoms with Crippen LogP contribution in [0.25, 0.3) is 11.1 Å². The van der Waals surface area contributed by atoms with E-state index in [9.17, 15) is 18.0 Å². The maximum Gasteiger partial charge on any atom is 0.573 e. The summed E-state index contributed by atoms with van der Waals surface area (Å²) in [6.07, 6.45) is -4.30. The zero-order valence-electron chi connectivity index (χ0n) is 12.8. The summed E-state index contributed by atoms with van der Waals surface area (Å²) in [7, 11) is 0. The molecule has 0 atom stereocenters. The van der Waals surface area contributed by atoms with Gasteiger partial charge < -0.3 is 14.5 Å². The molecule has 25 heavy (non-hydrogen) atoms. The second-order valence-corrected chi connectivity index (χ2v) is 5.20. The molecular formula is C17H13F3N2O3. The molecule has 0 aliphatic carbocycles. The molecule has 3 aromatic rings.